The van der Waals surface area contributed by atoms with Crippen LogP contribution in [0.15, 0.2) is 65.4 Å². The first-order chi connectivity index (χ1) is 9.75. The summed E-state index contributed by atoms with van der Waals surface area (Å²) < 4.78 is 0.540. The fourth-order valence-electron chi connectivity index (χ4n) is 2.08. The number of amides is 1. The number of nitrogens with zero attached hydrogens (tertiary/aromatic N) is 1. The Hall–Kier alpha value is -2.20. The molecule has 3 aromatic rings. The van der Waals surface area contributed by atoms with Gasteiger partial charge in [-0.15, -0.1) is 0 Å². The molecule has 0 aliphatic carbocycles. The van der Waals surface area contributed by atoms with Crippen LogP contribution >= 0.6 is 15.9 Å². The maximum Gasteiger partial charge on any atom is 0.258 e. The van der Waals surface area contributed by atoms with Gasteiger partial charge in [0.1, 0.15) is 4.60 Å². The minimum atomic E-state index is -0.179. The molecule has 98 valence electrons. The van der Waals surface area contributed by atoms with Crippen LogP contribution in [0.2, 0.25) is 0 Å². The number of halogens is 1. The zero-order valence-electron chi connectivity index (χ0n) is 10.5. The van der Waals surface area contributed by atoms with E-state index < -0.39 is 0 Å². The summed E-state index contributed by atoms with van der Waals surface area (Å²) in [6, 6.07) is 17.3. The molecule has 1 aromatic heterocycles. The molecular formula is C16H11BrN2O. The first-order valence-electron chi connectivity index (χ1n) is 6.15. The van der Waals surface area contributed by atoms with Gasteiger partial charge in [0.2, 0.25) is 0 Å². The van der Waals surface area contributed by atoms with E-state index >= 15 is 0 Å². The molecule has 20 heavy (non-hydrogen) atoms. The van der Waals surface area contributed by atoms with Gasteiger partial charge in [-0.1, -0.05) is 36.4 Å². The zero-order chi connectivity index (χ0) is 13.9. The third-order valence-electron chi connectivity index (χ3n) is 3.04. The molecule has 0 saturated carbocycles. The van der Waals surface area contributed by atoms with Gasteiger partial charge in [0.25, 0.3) is 5.91 Å². The quantitative estimate of drug-likeness (QED) is 0.715. The number of fused-ring (bicyclic) bond motifs is 1. The number of anilines is 1. The number of hydrogen-bond acceptors (Lipinski definition) is 2. The van der Waals surface area contributed by atoms with Crippen molar-refractivity contribution in [1.82, 2.24) is 4.98 Å². The second-order valence-corrected chi connectivity index (χ2v) is 5.07. The number of hydrogen-bond donors (Lipinski definition) is 1. The van der Waals surface area contributed by atoms with Crippen molar-refractivity contribution in [3.63, 3.8) is 0 Å². The van der Waals surface area contributed by atoms with Gasteiger partial charge in [0, 0.05) is 17.3 Å². The Kier molecular flexibility index (Phi) is 3.48. The van der Waals surface area contributed by atoms with Crippen LogP contribution in [0, 0.1) is 0 Å². The number of benzene rings is 2. The molecule has 1 N–H and O–H groups in total. The average Bonchev–Trinajstić information content (AvgIpc) is 2.48. The SMILES string of the molecule is O=C(Nc1cccc2ccccc12)c1cccnc1Br. The number of carbonyl (C=O) groups is 1. The monoisotopic (exact) mass is 326 g/mol. The smallest absolute Gasteiger partial charge is 0.258 e. The number of nitrogens with one attached hydrogen (secondary N) is 1. The molecule has 0 aliphatic heterocycles. The van der Waals surface area contributed by atoms with Crippen LogP contribution < -0.4 is 5.32 Å². The molecule has 4 heteroatoms. The second kappa shape index (κ2) is 5.43. The van der Waals surface area contributed by atoms with Gasteiger partial charge in [-0.3, -0.25) is 4.79 Å². The van der Waals surface area contributed by atoms with Crippen LogP contribution in [-0.4, -0.2) is 10.9 Å². The predicted octanol–water partition coefficient (Wildman–Crippen LogP) is 4.25. The van der Waals surface area contributed by atoms with Crippen LogP contribution in [0.25, 0.3) is 10.8 Å². The fourth-order valence-corrected chi connectivity index (χ4v) is 2.51. The van der Waals surface area contributed by atoms with Crippen molar-refractivity contribution in [2.45, 2.75) is 0 Å². The summed E-state index contributed by atoms with van der Waals surface area (Å²) in [4.78, 5) is 16.4. The van der Waals surface area contributed by atoms with E-state index in [-0.39, 0.29) is 5.91 Å². The van der Waals surface area contributed by atoms with Gasteiger partial charge in [0.15, 0.2) is 0 Å². The Morgan fingerprint density at radius 3 is 2.65 bits per heavy atom. The largest absolute Gasteiger partial charge is 0.321 e. The Balaban J connectivity index is 1.98. The van der Waals surface area contributed by atoms with Crippen LogP contribution in [0.5, 0.6) is 0 Å². The molecule has 0 aliphatic rings. The molecule has 0 fully saturated rings. The van der Waals surface area contributed by atoms with Crippen LogP contribution in [0.3, 0.4) is 0 Å². The highest BCUT2D eigenvalue weighted by atomic mass is 79.9. The molecule has 1 heterocycles. The summed E-state index contributed by atoms with van der Waals surface area (Å²) in [5, 5.41) is 5.04. The maximum absolute atomic E-state index is 12.3. The van der Waals surface area contributed by atoms with E-state index in [0.29, 0.717) is 10.2 Å². The molecule has 3 rings (SSSR count). The zero-order valence-corrected chi connectivity index (χ0v) is 12.1. The van der Waals surface area contributed by atoms with E-state index in [1.54, 1.807) is 18.3 Å². The van der Waals surface area contributed by atoms with Gasteiger partial charge in [-0.2, -0.15) is 0 Å². The summed E-state index contributed by atoms with van der Waals surface area (Å²) in [5.74, 6) is -0.179. The average molecular weight is 327 g/mol. The third kappa shape index (κ3) is 2.42. The maximum atomic E-state index is 12.3. The van der Waals surface area contributed by atoms with Gasteiger partial charge in [-0.05, 0) is 39.5 Å². The standard InChI is InChI=1S/C16H11BrN2O/c17-15-13(8-4-10-18-15)16(20)19-14-9-3-6-11-5-1-2-7-12(11)14/h1-10H,(H,19,20). The molecular weight excluding hydrogens is 316 g/mol. The summed E-state index contributed by atoms with van der Waals surface area (Å²) in [5.41, 5.74) is 1.31. The molecule has 0 radical (unpaired) electrons. The van der Waals surface area contributed by atoms with Crippen molar-refractivity contribution in [2.75, 3.05) is 5.32 Å². The predicted molar refractivity (Wildman–Crippen MR) is 83.8 cm³/mol. The van der Waals surface area contributed by atoms with Crippen molar-refractivity contribution in [3.05, 3.63) is 71.0 Å². The third-order valence-corrected chi connectivity index (χ3v) is 3.67. The van der Waals surface area contributed by atoms with Crippen molar-refractivity contribution < 1.29 is 4.79 Å². The Bertz CT molecular complexity index is 781. The van der Waals surface area contributed by atoms with Crippen LogP contribution in [0.1, 0.15) is 10.4 Å². The van der Waals surface area contributed by atoms with Gasteiger partial charge < -0.3 is 5.32 Å². The van der Waals surface area contributed by atoms with Gasteiger partial charge in [0.05, 0.1) is 5.56 Å². The lowest BCUT2D eigenvalue weighted by atomic mass is 10.1. The van der Waals surface area contributed by atoms with E-state index in [1.807, 2.05) is 42.5 Å². The van der Waals surface area contributed by atoms with E-state index in [9.17, 15) is 4.79 Å². The fraction of sp³-hybridized carbons (Fsp3) is 0. The molecule has 0 atom stereocenters. The topological polar surface area (TPSA) is 42.0 Å². The Morgan fingerprint density at radius 2 is 1.80 bits per heavy atom. The van der Waals surface area contributed by atoms with Crippen molar-refractivity contribution >= 4 is 38.3 Å². The Labute approximate surface area is 124 Å². The summed E-state index contributed by atoms with van der Waals surface area (Å²) in [6.45, 7) is 0. The molecule has 0 saturated heterocycles. The first-order valence-corrected chi connectivity index (χ1v) is 6.94. The highest BCUT2D eigenvalue weighted by molar-refractivity contribution is 9.10. The van der Waals surface area contributed by atoms with Crippen molar-refractivity contribution in [2.24, 2.45) is 0 Å². The molecule has 0 unspecified atom stereocenters. The summed E-state index contributed by atoms with van der Waals surface area (Å²) in [6.07, 6.45) is 1.64. The molecule has 0 bridgehead atoms. The normalized spacial score (nSPS) is 10.4. The van der Waals surface area contributed by atoms with Crippen LogP contribution in [-0.2, 0) is 0 Å². The molecule has 2 aromatic carbocycles. The minimum absolute atomic E-state index is 0.179. The number of rotatable bonds is 2. The van der Waals surface area contributed by atoms with E-state index in [2.05, 4.69) is 26.2 Å². The lowest BCUT2D eigenvalue weighted by molar-refractivity contribution is 0.102. The number of aromatic nitrogens is 1. The van der Waals surface area contributed by atoms with Crippen LogP contribution in [0.4, 0.5) is 5.69 Å². The highest BCUT2D eigenvalue weighted by Crippen LogP contribution is 2.24. The summed E-state index contributed by atoms with van der Waals surface area (Å²) in [7, 11) is 0. The lowest BCUT2D eigenvalue weighted by Gasteiger charge is -2.09. The number of pyridine rings is 1. The van der Waals surface area contributed by atoms with E-state index in [0.717, 1.165) is 16.5 Å². The van der Waals surface area contributed by atoms with E-state index in [1.165, 1.54) is 0 Å². The Morgan fingerprint density at radius 1 is 1.00 bits per heavy atom. The van der Waals surface area contributed by atoms with Gasteiger partial charge in [-0.25, -0.2) is 4.98 Å². The van der Waals surface area contributed by atoms with E-state index in [4.69, 9.17) is 0 Å². The van der Waals surface area contributed by atoms with Crippen molar-refractivity contribution in [1.29, 1.82) is 0 Å². The summed E-state index contributed by atoms with van der Waals surface area (Å²) >= 11 is 3.29. The first kappa shape index (κ1) is 12.8. The molecule has 1 amide bonds. The van der Waals surface area contributed by atoms with Crippen molar-refractivity contribution in [3.8, 4) is 0 Å². The minimum Gasteiger partial charge on any atom is -0.321 e. The molecule has 3 nitrogen and oxygen atoms in total. The van der Waals surface area contributed by atoms with Gasteiger partial charge >= 0.3 is 0 Å². The lowest BCUT2D eigenvalue weighted by Crippen LogP contribution is -2.13. The number of carbonyl (C=O) groups excluding carboxylic acids is 1. The second-order valence-electron chi connectivity index (χ2n) is 4.32. The highest BCUT2D eigenvalue weighted by Gasteiger charge is 2.11. The molecule has 0 spiro atoms.